The van der Waals surface area contributed by atoms with Gasteiger partial charge >= 0.3 is 0 Å². The third-order valence-electron chi connectivity index (χ3n) is 8.09. The topological polar surface area (TPSA) is 74.6 Å². The van der Waals surface area contributed by atoms with Crippen molar-refractivity contribution in [3.63, 3.8) is 0 Å². The molecule has 4 aliphatic rings. The number of fused-ring (bicyclic) bond motifs is 5. The van der Waals surface area contributed by atoms with Crippen LogP contribution >= 0.6 is 0 Å². The Morgan fingerprint density at radius 3 is 2.62 bits per heavy atom. The highest BCUT2D eigenvalue weighted by Gasteiger charge is 2.66. The van der Waals surface area contributed by atoms with E-state index in [-0.39, 0.29) is 28.8 Å². The molecule has 0 aromatic rings. The van der Waals surface area contributed by atoms with Crippen molar-refractivity contribution < 1.29 is 19.8 Å². The molecule has 1 unspecified atom stereocenters. The van der Waals surface area contributed by atoms with Crippen LogP contribution in [0.3, 0.4) is 0 Å². The Morgan fingerprint density at radius 2 is 1.96 bits per heavy atom. The van der Waals surface area contributed by atoms with Crippen molar-refractivity contribution in [3.05, 3.63) is 34.9 Å². The van der Waals surface area contributed by atoms with Gasteiger partial charge in [0, 0.05) is 10.8 Å². The van der Waals surface area contributed by atoms with Gasteiger partial charge in [-0.2, -0.15) is 0 Å². The smallest absolute Gasteiger partial charge is 0.181 e. The van der Waals surface area contributed by atoms with Crippen LogP contribution in [0.25, 0.3) is 0 Å². The normalized spacial score (nSPS) is 47.2. The Hall–Kier alpha value is -1.52. The van der Waals surface area contributed by atoms with Crippen LogP contribution in [0.4, 0.5) is 0 Å². The predicted octanol–water partition coefficient (Wildman–Crippen LogP) is 2.90. The van der Waals surface area contributed by atoms with E-state index in [1.54, 1.807) is 6.08 Å². The molecule has 0 aliphatic heterocycles. The molecular weight excluding hydrogens is 328 g/mol. The number of ketones is 2. The van der Waals surface area contributed by atoms with Gasteiger partial charge in [0.05, 0.1) is 6.10 Å². The Balaban J connectivity index is 1.86. The molecular formula is C22H28O4. The lowest BCUT2D eigenvalue weighted by Crippen LogP contribution is -2.59. The number of allylic oxidation sites excluding steroid dienone is 5. The maximum atomic E-state index is 12.3. The molecule has 0 bridgehead atoms. The van der Waals surface area contributed by atoms with Crippen LogP contribution in [0.2, 0.25) is 0 Å². The monoisotopic (exact) mass is 356 g/mol. The number of Topliss-reactive ketones (excluding diaryl/α,β-unsaturated/α-hetero) is 1. The summed E-state index contributed by atoms with van der Waals surface area (Å²) >= 11 is 0. The zero-order chi connectivity index (χ0) is 19.1. The van der Waals surface area contributed by atoms with Crippen LogP contribution in [-0.4, -0.2) is 33.5 Å². The molecule has 0 aromatic carbocycles. The molecule has 4 aliphatic carbocycles. The third-order valence-corrected chi connectivity index (χ3v) is 8.09. The van der Waals surface area contributed by atoms with E-state index in [4.69, 9.17) is 0 Å². The Kier molecular flexibility index (Phi) is 3.62. The third kappa shape index (κ3) is 1.92. The zero-order valence-corrected chi connectivity index (χ0v) is 16.0. The molecule has 4 heteroatoms. The number of hydrogen-bond donors (Lipinski definition) is 2. The number of carbonyl (C=O) groups is 2. The summed E-state index contributed by atoms with van der Waals surface area (Å²) in [5.41, 5.74) is 0.349. The van der Waals surface area contributed by atoms with E-state index in [9.17, 15) is 19.8 Å². The minimum atomic E-state index is -1.47. The van der Waals surface area contributed by atoms with Crippen LogP contribution in [0.5, 0.6) is 0 Å². The molecule has 0 amide bonds. The van der Waals surface area contributed by atoms with Crippen molar-refractivity contribution in [1.82, 2.24) is 0 Å². The fourth-order valence-corrected chi connectivity index (χ4v) is 6.41. The first-order valence-corrected chi connectivity index (χ1v) is 9.64. The molecule has 0 heterocycles. The summed E-state index contributed by atoms with van der Waals surface area (Å²) in [6.45, 7) is 7.29. The Bertz CT molecular complexity index is 803. The number of aliphatic hydroxyl groups excluding tert-OH is 1. The lowest BCUT2D eigenvalue weighted by atomic mass is 9.50. The molecule has 4 nitrogen and oxygen atoms in total. The summed E-state index contributed by atoms with van der Waals surface area (Å²) < 4.78 is 0. The van der Waals surface area contributed by atoms with Crippen molar-refractivity contribution in [2.24, 2.45) is 22.7 Å². The van der Waals surface area contributed by atoms with Crippen molar-refractivity contribution in [2.75, 3.05) is 0 Å². The second-order valence-electron chi connectivity index (χ2n) is 9.12. The molecule has 140 valence electrons. The van der Waals surface area contributed by atoms with Gasteiger partial charge in [-0.15, -0.1) is 0 Å². The fourth-order valence-electron chi connectivity index (χ4n) is 6.41. The van der Waals surface area contributed by atoms with Gasteiger partial charge in [-0.05, 0) is 69.9 Å². The van der Waals surface area contributed by atoms with Crippen molar-refractivity contribution in [2.45, 2.75) is 65.1 Å². The molecule has 0 spiro atoms. The van der Waals surface area contributed by atoms with Crippen LogP contribution in [0.15, 0.2) is 34.9 Å². The van der Waals surface area contributed by atoms with Crippen LogP contribution in [0, 0.1) is 22.7 Å². The van der Waals surface area contributed by atoms with E-state index in [2.05, 4.69) is 6.92 Å². The van der Waals surface area contributed by atoms with Crippen LogP contribution in [-0.2, 0) is 9.59 Å². The predicted molar refractivity (Wildman–Crippen MR) is 98.2 cm³/mol. The average molecular weight is 356 g/mol. The summed E-state index contributed by atoms with van der Waals surface area (Å²) in [7, 11) is 0. The first-order valence-electron chi connectivity index (χ1n) is 9.64. The highest BCUT2D eigenvalue weighted by atomic mass is 16.3. The van der Waals surface area contributed by atoms with E-state index in [0.717, 1.165) is 36.0 Å². The van der Waals surface area contributed by atoms with E-state index in [1.807, 2.05) is 26.0 Å². The SMILES string of the molecule is CC(=O)[C@@]1(O)CC[C@H]2[C@@H]3CCC4=CC(=O)C(C)=C[C@]4(C)C3=CC(O)[C@@]21C. The molecule has 2 fully saturated rings. The molecule has 6 atom stereocenters. The quantitative estimate of drug-likeness (QED) is 0.709. The minimum absolute atomic E-state index is 0.0658. The average Bonchev–Trinajstić information content (AvgIpc) is 2.85. The standard InChI is InChI=1S/C22H28O4/c1-12-11-20(3)14(9-18(12)24)5-6-15-16-7-8-22(26,13(2)23)21(16,4)19(25)10-17(15)20/h9-11,15-16,19,25-26H,5-8H2,1-4H3/t15-,16-,19?,20-,21+,22-/m0/s1. The number of rotatable bonds is 1. The molecule has 2 N–H and O–H groups in total. The maximum absolute atomic E-state index is 12.3. The lowest BCUT2D eigenvalue weighted by molar-refractivity contribution is -0.163. The van der Waals surface area contributed by atoms with Crippen LogP contribution < -0.4 is 0 Å². The molecule has 2 saturated carbocycles. The van der Waals surface area contributed by atoms with Crippen molar-refractivity contribution in [3.8, 4) is 0 Å². The van der Waals surface area contributed by atoms with E-state index in [0.29, 0.717) is 6.42 Å². The summed E-state index contributed by atoms with van der Waals surface area (Å²) in [5.74, 6) is 0.108. The first kappa shape index (κ1) is 17.9. The number of carbonyl (C=O) groups excluding carboxylic acids is 2. The van der Waals surface area contributed by atoms with E-state index in [1.165, 1.54) is 6.92 Å². The summed E-state index contributed by atoms with van der Waals surface area (Å²) in [6, 6.07) is 0. The van der Waals surface area contributed by atoms with Crippen molar-refractivity contribution in [1.29, 1.82) is 0 Å². The molecule has 0 aromatic heterocycles. The van der Waals surface area contributed by atoms with Crippen LogP contribution in [0.1, 0.15) is 53.4 Å². The molecule has 4 rings (SSSR count). The van der Waals surface area contributed by atoms with E-state index < -0.39 is 17.1 Å². The minimum Gasteiger partial charge on any atom is -0.388 e. The maximum Gasteiger partial charge on any atom is 0.181 e. The zero-order valence-electron chi connectivity index (χ0n) is 16.0. The molecule has 0 saturated heterocycles. The number of hydrogen-bond acceptors (Lipinski definition) is 4. The Morgan fingerprint density at radius 1 is 1.27 bits per heavy atom. The summed E-state index contributed by atoms with van der Waals surface area (Å²) in [6.07, 6.45) is 7.71. The largest absolute Gasteiger partial charge is 0.388 e. The lowest BCUT2D eigenvalue weighted by Gasteiger charge is -2.55. The number of aliphatic hydroxyl groups is 2. The van der Waals surface area contributed by atoms with Gasteiger partial charge in [-0.1, -0.05) is 30.2 Å². The highest BCUT2D eigenvalue weighted by Crippen LogP contribution is 2.65. The molecule has 0 radical (unpaired) electrons. The van der Waals surface area contributed by atoms with Crippen molar-refractivity contribution >= 4 is 11.6 Å². The fraction of sp³-hybridized carbons (Fsp3) is 0.636. The van der Waals surface area contributed by atoms with Gasteiger partial charge in [0.2, 0.25) is 0 Å². The van der Waals surface area contributed by atoms with Gasteiger partial charge < -0.3 is 10.2 Å². The second-order valence-corrected chi connectivity index (χ2v) is 9.12. The van der Waals surface area contributed by atoms with Gasteiger partial charge in [0.25, 0.3) is 0 Å². The van der Waals surface area contributed by atoms with E-state index >= 15 is 0 Å². The molecule has 26 heavy (non-hydrogen) atoms. The van der Waals surface area contributed by atoms with Gasteiger partial charge in [0.15, 0.2) is 11.6 Å². The highest BCUT2D eigenvalue weighted by molar-refractivity contribution is 6.05. The van der Waals surface area contributed by atoms with Gasteiger partial charge in [-0.25, -0.2) is 0 Å². The van der Waals surface area contributed by atoms with Gasteiger partial charge in [0.1, 0.15) is 5.60 Å². The summed E-state index contributed by atoms with van der Waals surface area (Å²) in [4.78, 5) is 24.4. The summed E-state index contributed by atoms with van der Waals surface area (Å²) in [5, 5.41) is 22.2. The Labute approximate surface area is 154 Å². The first-order chi connectivity index (χ1) is 12.1. The van der Waals surface area contributed by atoms with Gasteiger partial charge in [-0.3, -0.25) is 9.59 Å². The second kappa shape index (κ2) is 5.26.